The molecule has 1 saturated heterocycles. The number of nitrogens with one attached hydrogen (secondary N) is 1. The van der Waals surface area contributed by atoms with Crippen molar-refractivity contribution in [3.8, 4) is 0 Å². The minimum atomic E-state index is -3.50. The molecule has 6 nitrogen and oxygen atoms in total. The number of piperazine rings is 1. The van der Waals surface area contributed by atoms with Crippen LogP contribution in [0.15, 0.2) is 47.4 Å². The van der Waals surface area contributed by atoms with Gasteiger partial charge in [-0.25, -0.2) is 8.42 Å². The number of nitrogens with zero attached hydrogens (tertiary/aromatic N) is 2. The Morgan fingerprint density at radius 1 is 1.04 bits per heavy atom. The van der Waals surface area contributed by atoms with Gasteiger partial charge in [0, 0.05) is 36.9 Å². The van der Waals surface area contributed by atoms with E-state index in [0.29, 0.717) is 41.8 Å². The minimum absolute atomic E-state index is 0.139. The number of aryl methyl sites for hydroxylation is 1. The van der Waals surface area contributed by atoms with Crippen molar-refractivity contribution in [1.29, 1.82) is 0 Å². The van der Waals surface area contributed by atoms with Gasteiger partial charge in [-0.1, -0.05) is 35.4 Å². The van der Waals surface area contributed by atoms with Crippen LogP contribution in [-0.2, 0) is 14.8 Å². The second-order valence-electron chi connectivity index (χ2n) is 6.95. The molecule has 0 radical (unpaired) electrons. The van der Waals surface area contributed by atoms with E-state index in [-0.39, 0.29) is 12.5 Å². The number of halogens is 1. The van der Waals surface area contributed by atoms with Crippen LogP contribution in [0.3, 0.4) is 0 Å². The van der Waals surface area contributed by atoms with E-state index in [1.54, 1.807) is 36.4 Å². The number of rotatable bonds is 5. The van der Waals surface area contributed by atoms with Crippen LogP contribution in [0.4, 0.5) is 5.69 Å². The van der Waals surface area contributed by atoms with Crippen LogP contribution < -0.4 is 5.32 Å². The Morgan fingerprint density at radius 2 is 1.68 bits per heavy atom. The van der Waals surface area contributed by atoms with Gasteiger partial charge < -0.3 is 5.32 Å². The number of carbonyl (C=O) groups excluding carboxylic acids is 1. The number of benzene rings is 2. The summed E-state index contributed by atoms with van der Waals surface area (Å²) < 4.78 is 27.0. The molecule has 28 heavy (non-hydrogen) atoms. The Bertz CT molecular complexity index is 953. The van der Waals surface area contributed by atoms with Crippen molar-refractivity contribution in [2.24, 2.45) is 0 Å². The molecule has 0 unspecified atom stereocenters. The van der Waals surface area contributed by atoms with E-state index in [1.807, 2.05) is 24.8 Å². The van der Waals surface area contributed by atoms with Gasteiger partial charge in [0.25, 0.3) is 0 Å². The minimum Gasteiger partial charge on any atom is -0.325 e. The average Bonchev–Trinajstić information content (AvgIpc) is 2.66. The van der Waals surface area contributed by atoms with Crippen molar-refractivity contribution in [3.05, 3.63) is 58.6 Å². The van der Waals surface area contributed by atoms with Gasteiger partial charge in [0.2, 0.25) is 15.9 Å². The van der Waals surface area contributed by atoms with Crippen LogP contribution in [0.5, 0.6) is 0 Å². The number of anilines is 1. The molecule has 1 aliphatic rings. The summed E-state index contributed by atoms with van der Waals surface area (Å²) in [4.78, 5) is 14.6. The first kappa shape index (κ1) is 20.8. The molecule has 0 saturated carbocycles. The highest BCUT2D eigenvalue weighted by molar-refractivity contribution is 7.89. The van der Waals surface area contributed by atoms with E-state index >= 15 is 0 Å². The predicted octanol–water partition coefficient (Wildman–Crippen LogP) is 2.90. The van der Waals surface area contributed by atoms with Crippen molar-refractivity contribution in [1.82, 2.24) is 9.21 Å². The Kier molecular flexibility index (Phi) is 6.40. The molecule has 150 valence electrons. The van der Waals surface area contributed by atoms with Gasteiger partial charge in [-0.05, 0) is 43.7 Å². The second-order valence-corrected chi connectivity index (χ2v) is 9.30. The van der Waals surface area contributed by atoms with Gasteiger partial charge in [0.1, 0.15) is 0 Å². The smallest absolute Gasteiger partial charge is 0.243 e. The molecule has 1 aliphatic heterocycles. The highest BCUT2D eigenvalue weighted by atomic mass is 35.5. The summed E-state index contributed by atoms with van der Waals surface area (Å²) in [5.74, 6) is -0.139. The fourth-order valence-electron chi connectivity index (χ4n) is 3.12. The first-order chi connectivity index (χ1) is 13.3. The molecule has 0 aliphatic carbocycles. The van der Waals surface area contributed by atoms with Crippen LogP contribution in [0.25, 0.3) is 0 Å². The highest BCUT2D eigenvalue weighted by Crippen LogP contribution is 2.23. The van der Waals surface area contributed by atoms with E-state index in [1.165, 1.54) is 4.31 Å². The molecule has 3 rings (SSSR count). The lowest BCUT2D eigenvalue weighted by Gasteiger charge is -2.33. The van der Waals surface area contributed by atoms with E-state index in [0.717, 1.165) is 11.1 Å². The summed E-state index contributed by atoms with van der Waals surface area (Å²) in [6.45, 7) is 5.72. The summed E-state index contributed by atoms with van der Waals surface area (Å²) in [5.41, 5.74) is 2.54. The maximum Gasteiger partial charge on any atom is 0.243 e. The highest BCUT2D eigenvalue weighted by Gasteiger charge is 2.29. The van der Waals surface area contributed by atoms with Gasteiger partial charge in [0.15, 0.2) is 0 Å². The molecule has 8 heteroatoms. The van der Waals surface area contributed by atoms with Crippen LogP contribution in [-0.4, -0.2) is 56.3 Å². The second kappa shape index (κ2) is 8.61. The Hall–Kier alpha value is -1.93. The summed E-state index contributed by atoms with van der Waals surface area (Å²) >= 11 is 6.08. The predicted molar refractivity (Wildman–Crippen MR) is 111 cm³/mol. The first-order valence-corrected chi connectivity index (χ1v) is 10.9. The summed E-state index contributed by atoms with van der Waals surface area (Å²) in [5, 5.41) is 3.48. The Balaban J connectivity index is 1.56. The third-order valence-corrected chi connectivity index (χ3v) is 7.22. The monoisotopic (exact) mass is 421 g/mol. The lowest BCUT2D eigenvalue weighted by Crippen LogP contribution is -2.50. The molecule has 1 heterocycles. The number of sulfonamides is 1. The van der Waals surface area contributed by atoms with Gasteiger partial charge >= 0.3 is 0 Å². The average molecular weight is 422 g/mol. The molecule has 0 atom stereocenters. The molecule has 2 aromatic rings. The van der Waals surface area contributed by atoms with Crippen molar-refractivity contribution >= 4 is 33.2 Å². The molecule has 1 amide bonds. The quantitative estimate of drug-likeness (QED) is 0.805. The largest absolute Gasteiger partial charge is 0.325 e. The third-order valence-electron chi connectivity index (χ3n) is 4.90. The molecule has 2 aromatic carbocycles. The van der Waals surface area contributed by atoms with E-state index in [2.05, 4.69) is 5.32 Å². The van der Waals surface area contributed by atoms with Crippen LogP contribution >= 0.6 is 11.6 Å². The van der Waals surface area contributed by atoms with Gasteiger partial charge in [-0.2, -0.15) is 4.31 Å². The fraction of sp³-hybridized carbons (Fsp3) is 0.350. The molecule has 1 N–H and O–H groups in total. The van der Waals surface area contributed by atoms with Crippen molar-refractivity contribution < 1.29 is 13.2 Å². The van der Waals surface area contributed by atoms with Crippen molar-refractivity contribution in [2.75, 3.05) is 38.0 Å². The standard InChI is InChI=1S/C20H24ClN3O3S/c1-15-6-8-17(9-7-15)28(26,27)24-12-10-23(11-13-24)14-20(25)22-19-5-3-4-18(21)16(19)2/h3-9H,10-14H2,1-2H3,(H,22,25). The zero-order valence-electron chi connectivity index (χ0n) is 16.0. The maximum atomic E-state index is 12.8. The zero-order valence-corrected chi connectivity index (χ0v) is 17.6. The number of amides is 1. The number of carbonyl (C=O) groups is 1. The molecular weight excluding hydrogens is 398 g/mol. The van der Waals surface area contributed by atoms with Crippen molar-refractivity contribution in [2.45, 2.75) is 18.7 Å². The van der Waals surface area contributed by atoms with Crippen LogP contribution in [0, 0.1) is 13.8 Å². The van der Waals surface area contributed by atoms with Crippen molar-refractivity contribution in [3.63, 3.8) is 0 Å². The summed E-state index contributed by atoms with van der Waals surface area (Å²) in [6, 6.07) is 12.2. The lowest BCUT2D eigenvalue weighted by molar-refractivity contribution is -0.117. The zero-order chi connectivity index (χ0) is 20.3. The molecule has 0 aromatic heterocycles. The van der Waals surface area contributed by atoms with Gasteiger partial charge in [-0.3, -0.25) is 9.69 Å². The van der Waals surface area contributed by atoms with Gasteiger partial charge in [-0.15, -0.1) is 0 Å². The molecular formula is C20H24ClN3O3S. The van der Waals surface area contributed by atoms with E-state index in [4.69, 9.17) is 11.6 Å². The van der Waals surface area contributed by atoms with Crippen LogP contribution in [0.1, 0.15) is 11.1 Å². The first-order valence-electron chi connectivity index (χ1n) is 9.11. The third kappa shape index (κ3) is 4.72. The lowest BCUT2D eigenvalue weighted by atomic mass is 10.2. The topological polar surface area (TPSA) is 69.7 Å². The Morgan fingerprint density at radius 3 is 2.32 bits per heavy atom. The fourth-order valence-corrected chi connectivity index (χ4v) is 4.72. The van der Waals surface area contributed by atoms with Crippen LogP contribution in [0.2, 0.25) is 5.02 Å². The summed E-state index contributed by atoms with van der Waals surface area (Å²) in [6.07, 6.45) is 0. The summed E-state index contributed by atoms with van der Waals surface area (Å²) in [7, 11) is -3.50. The Labute approximate surface area is 171 Å². The number of hydrogen-bond donors (Lipinski definition) is 1. The van der Waals surface area contributed by atoms with E-state index < -0.39 is 10.0 Å². The van der Waals surface area contributed by atoms with E-state index in [9.17, 15) is 13.2 Å². The normalized spacial score (nSPS) is 16.1. The number of hydrogen-bond acceptors (Lipinski definition) is 4. The molecule has 0 bridgehead atoms. The molecule has 0 spiro atoms. The maximum absolute atomic E-state index is 12.8. The van der Waals surface area contributed by atoms with Gasteiger partial charge in [0.05, 0.1) is 11.4 Å². The SMILES string of the molecule is Cc1ccc(S(=O)(=O)N2CCN(CC(=O)Nc3cccc(Cl)c3C)CC2)cc1. The molecule has 1 fully saturated rings.